The summed E-state index contributed by atoms with van der Waals surface area (Å²) in [5.74, 6) is 1.08. The Balaban J connectivity index is 2.11. The van der Waals surface area contributed by atoms with Crippen LogP contribution in [0.25, 0.3) is 11.0 Å². The van der Waals surface area contributed by atoms with Crippen molar-refractivity contribution in [1.82, 2.24) is 14.5 Å². The van der Waals surface area contributed by atoms with Gasteiger partial charge in [-0.1, -0.05) is 11.6 Å². The van der Waals surface area contributed by atoms with E-state index in [4.69, 9.17) is 21.6 Å². The average Bonchev–Trinajstić information content (AvgIpc) is 2.91. The zero-order valence-electron chi connectivity index (χ0n) is 13.8. The Morgan fingerprint density at radius 2 is 2.04 bits per heavy atom. The molecule has 0 saturated heterocycles. The maximum atomic E-state index is 8.96. The van der Waals surface area contributed by atoms with E-state index in [1.54, 1.807) is 12.4 Å². The molecule has 0 N–H and O–H groups in total. The van der Waals surface area contributed by atoms with E-state index < -0.39 is 0 Å². The summed E-state index contributed by atoms with van der Waals surface area (Å²) in [4.78, 5) is 10.4. The fourth-order valence-electron chi connectivity index (χ4n) is 2.51. The van der Waals surface area contributed by atoms with E-state index in [-0.39, 0.29) is 10.8 Å². The molecule has 0 atom stereocenters. The second-order valence-electron chi connectivity index (χ2n) is 5.72. The van der Waals surface area contributed by atoms with Gasteiger partial charge < -0.3 is 14.2 Å². The average molecular weight is 342 g/mol. The number of aryl methyl sites for hydroxylation is 2. The Morgan fingerprint density at radius 3 is 2.67 bits per heavy atom. The van der Waals surface area contributed by atoms with E-state index in [9.17, 15) is 0 Å². The van der Waals surface area contributed by atoms with Crippen LogP contribution >= 0.6 is 11.6 Å². The minimum atomic E-state index is 0.169. The summed E-state index contributed by atoms with van der Waals surface area (Å²) in [7, 11) is 5.84. The van der Waals surface area contributed by atoms with E-state index in [0.717, 1.165) is 22.3 Å². The van der Waals surface area contributed by atoms with Crippen LogP contribution in [0.3, 0.4) is 0 Å². The Kier molecular flexibility index (Phi) is 4.04. The first-order valence-corrected chi connectivity index (χ1v) is 7.66. The summed E-state index contributed by atoms with van der Waals surface area (Å²) in [6.45, 7) is 1.83. The number of halogens is 1. The molecule has 0 saturated carbocycles. The quantitative estimate of drug-likeness (QED) is 0.680. The first kappa shape index (κ1) is 16.1. The molecular formula is C17H16ClN5O. The second kappa shape index (κ2) is 6.02. The molecule has 0 spiro atoms. The highest BCUT2D eigenvalue weighted by Gasteiger charge is 2.15. The van der Waals surface area contributed by atoms with Crippen molar-refractivity contribution in [3.8, 4) is 17.6 Å². The van der Waals surface area contributed by atoms with E-state index >= 15 is 0 Å². The van der Waals surface area contributed by atoms with Gasteiger partial charge >= 0.3 is 0 Å². The molecule has 0 aliphatic rings. The molecule has 0 fully saturated rings. The summed E-state index contributed by atoms with van der Waals surface area (Å²) in [6, 6.07) is 7.44. The third-order valence-electron chi connectivity index (χ3n) is 3.72. The molecular weight excluding hydrogens is 326 g/mol. The first-order chi connectivity index (χ1) is 11.4. The van der Waals surface area contributed by atoms with Gasteiger partial charge in [-0.3, -0.25) is 0 Å². The number of nitriles is 1. The van der Waals surface area contributed by atoms with Gasteiger partial charge in [0, 0.05) is 33.3 Å². The summed E-state index contributed by atoms with van der Waals surface area (Å²) in [5.41, 5.74) is 3.81. The van der Waals surface area contributed by atoms with Crippen LogP contribution in [0.15, 0.2) is 24.5 Å². The predicted molar refractivity (Wildman–Crippen MR) is 93.8 cm³/mol. The Labute approximate surface area is 144 Å². The number of anilines is 1. The Hall–Kier alpha value is -2.78. The Morgan fingerprint density at radius 1 is 1.29 bits per heavy atom. The zero-order valence-corrected chi connectivity index (χ0v) is 14.6. The lowest BCUT2D eigenvalue weighted by Crippen LogP contribution is -2.09. The van der Waals surface area contributed by atoms with Gasteiger partial charge in [0.1, 0.15) is 23.0 Å². The van der Waals surface area contributed by atoms with Gasteiger partial charge in [-0.2, -0.15) is 5.26 Å². The minimum absolute atomic E-state index is 0.169. The van der Waals surface area contributed by atoms with Gasteiger partial charge in [-0.15, -0.1) is 0 Å². The van der Waals surface area contributed by atoms with Crippen molar-refractivity contribution in [3.05, 3.63) is 40.9 Å². The molecule has 2 heterocycles. The summed E-state index contributed by atoms with van der Waals surface area (Å²) < 4.78 is 7.92. The second-order valence-corrected chi connectivity index (χ2v) is 6.08. The van der Waals surface area contributed by atoms with Crippen LogP contribution in [0.2, 0.25) is 5.15 Å². The number of imidazole rings is 1. The van der Waals surface area contributed by atoms with Crippen LogP contribution in [0.5, 0.6) is 11.5 Å². The topological polar surface area (TPSA) is 67.0 Å². The number of hydrogen-bond acceptors (Lipinski definition) is 5. The molecule has 0 radical (unpaired) electrons. The standard InChI is InChI=1S/C17H16ClN5O/c1-10-5-11(8-19)21-17(18)16(10)24-12-6-13(22(2)3)15-14(7-12)23(4)9-20-15/h5-7,9H,1-4H3. The maximum Gasteiger partial charge on any atom is 0.173 e. The zero-order chi connectivity index (χ0) is 17.4. The number of aromatic nitrogens is 3. The maximum absolute atomic E-state index is 8.96. The van der Waals surface area contributed by atoms with Gasteiger partial charge in [0.05, 0.1) is 17.5 Å². The molecule has 1 aromatic carbocycles. The number of hydrogen-bond donors (Lipinski definition) is 0. The monoisotopic (exact) mass is 341 g/mol. The molecule has 0 aliphatic heterocycles. The van der Waals surface area contributed by atoms with Crippen molar-refractivity contribution >= 4 is 28.3 Å². The number of benzene rings is 1. The molecule has 3 aromatic rings. The van der Waals surface area contributed by atoms with Crippen molar-refractivity contribution in [2.24, 2.45) is 7.05 Å². The van der Waals surface area contributed by atoms with Crippen LogP contribution in [0, 0.1) is 18.3 Å². The van der Waals surface area contributed by atoms with Gasteiger partial charge in [0.15, 0.2) is 10.9 Å². The van der Waals surface area contributed by atoms with Gasteiger partial charge in [-0.05, 0) is 18.6 Å². The Bertz CT molecular complexity index is 948. The molecule has 0 aliphatic carbocycles. The molecule has 3 rings (SSSR count). The molecule has 0 amide bonds. The van der Waals surface area contributed by atoms with Crippen LogP contribution in [-0.2, 0) is 7.05 Å². The van der Waals surface area contributed by atoms with Gasteiger partial charge in [-0.25, -0.2) is 9.97 Å². The minimum Gasteiger partial charge on any atom is -0.454 e. The van der Waals surface area contributed by atoms with Crippen molar-refractivity contribution in [2.75, 3.05) is 19.0 Å². The highest BCUT2D eigenvalue weighted by atomic mass is 35.5. The molecule has 0 bridgehead atoms. The third kappa shape index (κ3) is 2.74. The molecule has 122 valence electrons. The smallest absolute Gasteiger partial charge is 0.173 e. The van der Waals surface area contributed by atoms with Crippen molar-refractivity contribution in [1.29, 1.82) is 5.26 Å². The van der Waals surface area contributed by atoms with Crippen LogP contribution in [0.1, 0.15) is 11.3 Å². The van der Waals surface area contributed by atoms with Crippen molar-refractivity contribution in [2.45, 2.75) is 6.92 Å². The van der Waals surface area contributed by atoms with Crippen LogP contribution in [-0.4, -0.2) is 28.6 Å². The van der Waals surface area contributed by atoms with Gasteiger partial charge in [0.25, 0.3) is 0 Å². The fourth-order valence-corrected chi connectivity index (χ4v) is 2.79. The predicted octanol–water partition coefficient (Wildman–Crippen LogP) is 3.66. The van der Waals surface area contributed by atoms with Crippen LogP contribution < -0.4 is 9.64 Å². The molecule has 6 nitrogen and oxygen atoms in total. The molecule has 0 unspecified atom stereocenters. The lowest BCUT2D eigenvalue weighted by molar-refractivity contribution is 0.477. The number of nitrogens with zero attached hydrogens (tertiary/aromatic N) is 5. The number of pyridine rings is 1. The first-order valence-electron chi connectivity index (χ1n) is 7.28. The van der Waals surface area contributed by atoms with E-state index in [1.807, 2.05) is 55.7 Å². The molecule has 24 heavy (non-hydrogen) atoms. The normalized spacial score (nSPS) is 10.7. The van der Waals surface area contributed by atoms with Gasteiger partial charge in [0.2, 0.25) is 0 Å². The third-order valence-corrected chi connectivity index (χ3v) is 3.97. The van der Waals surface area contributed by atoms with Crippen molar-refractivity contribution < 1.29 is 4.74 Å². The lowest BCUT2D eigenvalue weighted by atomic mass is 10.2. The molecule has 2 aromatic heterocycles. The molecule has 7 heteroatoms. The number of rotatable bonds is 3. The highest BCUT2D eigenvalue weighted by molar-refractivity contribution is 6.31. The van der Waals surface area contributed by atoms with E-state index in [1.165, 1.54) is 0 Å². The number of fused-ring (bicyclic) bond motifs is 1. The largest absolute Gasteiger partial charge is 0.454 e. The van der Waals surface area contributed by atoms with Crippen LogP contribution in [0.4, 0.5) is 5.69 Å². The van der Waals surface area contributed by atoms with E-state index in [2.05, 4.69) is 9.97 Å². The fraction of sp³-hybridized carbons (Fsp3) is 0.235. The van der Waals surface area contributed by atoms with E-state index in [0.29, 0.717) is 11.5 Å². The lowest BCUT2D eigenvalue weighted by Gasteiger charge is -2.16. The highest BCUT2D eigenvalue weighted by Crippen LogP contribution is 2.36. The number of ether oxygens (including phenoxy) is 1. The summed E-state index contributed by atoms with van der Waals surface area (Å²) in [6.07, 6.45) is 1.77. The van der Waals surface area contributed by atoms with Crippen molar-refractivity contribution in [3.63, 3.8) is 0 Å². The SMILES string of the molecule is Cc1cc(C#N)nc(Cl)c1Oc1cc(N(C)C)c2ncn(C)c2c1. The summed E-state index contributed by atoms with van der Waals surface area (Å²) >= 11 is 6.18. The summed E-state index contributed by atoms with van der Waals surface area (Å²) in [5, 5.41) is 9.13.